The van der Waals surface area contributed by atoms with Crippen molar-refractivity contribution in [2.45, 2.75) is 105 Å². The first-order valence-corrected chi connectivity index (χ1v) is 13.0. The Kier molecular flexibility index (Phi) is 9.91. The maximum absolute atomic E-state index is 13.6. The fourth-order valence-electron chi connectivity index (χ4n) is 4.16. The molecule has 0 aliphatic carbocycles. The summed E-state index contributed by atoms with van der Waals surface area (Å²) in [6, 6.07) is -0.682. The van der Waals surface area contributed by atoms with E-state index in [1.165, 1.54) is 0 Å². The van der Waals surface area contributed by atoms with Crippen LogP contribution in [-0.4, -0.2) is 80.1 Å². The summed E-state index contributed by atoms with van der Waals surface area (Å²) in [5, 5.41) is 8.61. The zero-order chi connectivity index (χ0) is 27.3. The molecule has 2 amide bonds. The number of esters is 1. The second-order valence-electron chi connectivity index (χ2n) is 12.1. The average molecular weight is 508 g/mol. The smallest absolute Gasteiger partial charge is 0.410 e. The Labute approximate surface area is 215 Å². The lowest BCUT2D eigenvalue weighted by Crippen LogP contribution is -2.53. The van der Waals surface area contributed by atoms with Crippen molar-refractivity contribution in [3.8, 4) is 0 Å². The van der Waals surface area contributed by atoms with Crippen LogP contribution < -0.4 is 0 Å². The Morgan fingerprint density at radius 2 is 1.47 bits per heavy atom. The summed E-state index contributed by atoms with van der Waals surface area (Å²) in [7, 11) is 0. The SMILES string of the molecule is CC(C)C[C@H](C)c1cn([C@@H](CCC(=O)OC(C)(C)C)C(=O)N2CCN(C(=O)OC(C)(C)C)CC2)nn1. The average Bonchev–Trinajstić information content (AvgIpc) is 3.21. The molecule has 1 aliphatic heterocycles. The normalized spacial score (nSPS) is 16.6. The van der Waals surface area contributed by atoms with Crippen LogP contribution in [-0.2, 0) is 19.1 Å². The maximum atomic E-state index is 13.6. The van der Waals surface area contributed by atoms with Gasteiger partial charge in [0.05, 0.1) is 5.69 Å². The van der Waals surface area contributed by atoms with Gasteiger partial charge in [-0.1, -0.05) is 26.0 Å². The van der Waals surface area contributed by atoms with Gasteiger partial charge in [-0.05, 0) is 60.3 Å². The van der Waals surface area contributed by atoms with Gasteiger partial charge in [-0.15, -0.1) is 5.10 Å². The minimum absolute atomic E-state index is 0.0856. The summed E-state index contributed by atoms with van der Waals surface area (Å²) < 4.78 is 12.5. The van der Waals surface area contributed by atoms with Gasteiger partial charge in [0.2, 0.25) is 5.91 Å². The minimum Gasteiger partial charge on any atom is -0.460 e. The summed E-state index contributed by atoms with van der Waals surface area (Å²) in [6.45, 7) is 18.9. The van der Waals surface area contributed by atoms with Gasteiger partial charge in [-0.2, -0.15) is 0 Å². The fraction of sp³-hybridized carbons (Fsp3) is 0.808. The van der Waals surface area contributed by atoms with Gasteiger partial charge in [-0.25, -0.2) is 9.48 Å². The molecule has 1 fully saturated rings. The van der Waals surface area contributed by atoms with E-state index in [9.17, 15) is 14.4 Å². The van der Waals surface area contributed by atoms with E-state index in [4.69, 9.17) is 9.47 Å². The number of amides is 2. The predicted octanol–water partition coefficient (Wildman–Crippen LogP) is 4.17. The van der Waals surface area contributed by atoms with Gasteiger partial charge in [0.25, 0.3) is 0 Å². The molecule has 10 heteroatoms. The van der Waals surface area contributed by atoms with Crippen LogP contribution in [0, 0.1) is 5.92 Å². The monoisotopic (exact) mass is 507 g/mol. The Balaban J connectivity index is 2.13. The van der Waals surface area contributed by atoms with E-state index in [0.717, 1.165) is 12.1 Å². The molecular weight excluding hydrogens is 462 g/mol. The summed E-state index contributed by atoms with van der Waals surface area (Å²) in [5.74, 6) is 0.215. The van der Waals surface area contributed by atoms with Crippen molar-refractivity contribution in [2.75, 3.05) is 26.2 Å². The molecule has 1 aromatic rings. The Morgan fingerprint density at radius 3 is 2.00 bits per heavy atom. The number of piperazine rings is 1. The molecule has 0 N–H and O–H groups in total. The number of carbonyl (C=O) groups is 3. The second kappa shape index (κ2) is 12.1. The molecule has 1 aliphatic rings. The number of hydrogen-bond donors (Lipinski definition) is 0. The predicted molar refractivity (Wildman–Crippen MR) is 136 cm³/mol. The van der Waals surface area contributed by atoms with Crippen molar-refractivity contribution >= 4 is 18.0 Å². The quantitative estimate of drug-likeness (QED) is 0.486. The summed E-state index contributed by atoms with van der Waals surface area (Å²) in [6.07, 6.45) is 2.74. The zero-order valence-corrected chi connectivity index (χ0v) is 23.5. The largest absolute Gasteiger partial charge is 0.460 e. The molecule has 2 heterocycles. The highest BCUT2D eigenvalue weighted by Gasteiger charge is 2.33. The van der Waals surface area contributed by atoms with Crippen molar-refractivity contribution in [3.63, 3.8) is 0 Å². The van der Waals surface area contributed by atoms with Crippen LogP contribution >= 0.6 is 0 Å². The van der Waals surface area contributed by atoms with Crippen LogP contribution in [0.15, 0.2) is 6.20 Å². The molecule has 0 unspecified atom stereocenters. The van der Waals surface area contributed by atoms with E-state index in [0.29, 0.717) is 32.1 Å². The molecule has 2 rings (SSSR count). The van der Waals surface area contributed by atoms with Crippen molar-refractivity contribution in [2.24, 2.45) is 5.92 Å². The third kappa shape index (κ3) is 9.43. The van der Waals surface area contributed by atoms with Gasteiger partial charge in [0.15, 0.2) is 0 Å². The standard InChI is InChI=1S/C26H45N5O5/c1-18(2)16-19(3)20-17-31(28-27-20)21(10-11-22(32)35-25(4,5)6)23(33)29-12-14-30(15-13-29)24(34)36-26(7,8)9/h17-19,21H,10-16H2,1-9H3/t19-,21-/m0/s1. The van der Waals surface area contributed by atoms with E-state index in [1.807, 2.05) is 47.7 Å². The highest BCUT2D eigenvalue weighted by atomic mass is 16.6. The van der Waals surface area contributed by atoms with Crippen molar-refractivity contribution in [1.82, 2.24) is 24.8 Å². The van der Waals surface area contributed by atoms with Crippen LogP contribution in [0.5, 0.6) is 0 Å². The van der Waals surface area contributed by atoms with E-state index in [-0.39, 0.29) is 36.7 Å². The number of nitrogens with zero attached hydrogens (tertiary/aromatic N) is 5. The number of ether oxygens (including phenoxy) is 2. The summed E-state index contributed by atoms with van der Waals surface area (Å²) in [5.41, 5.74) is -0.344. The Hall–Kier alpha value is -2.65. The first kappa shape index (κ1) is 29.6. The fourth-order valence-corrected chi connectivity index (χ4v) is 4.16. The summed E-state index contributed by atoms with van der Waals surface area (Å²) >= 11 is 0. The maximum Gasteiger partial charge on any atom is 0.410 e. The first-order valence-electron chi connectivity index (χ1n) is 13.0. The lowest BCUT2D eigenvalue weighted by atomic mass is 9.96. The van der Waals surface area contributed by atoms with Gasteiger partial charge < -0.3 is 19.3 Å². The number of carbonyl (C=O) groups excluding carboxylic acids is 3. The lowest BCUT2D eigenvalue weighted by molar-refractivity contribution is -0.155. The topological polar surface area (TPSA) is 107 Å². The van der Waals surface area contributed by atoms with Crippen LogP contribution in [0.3, 0.4) is 0 Å². The van der Waals surface area contributed by atoms with E-state index in [1.54, 1.807) is 14.5 Å². The zero-order valence-electron chi connectivity index (χ0n) is 23.5. The molecule has 10 nitrogen and oxygen atoms in total. The van der Waals surface area contributed by atoms with Crippen molar-refractivity contribution in [3.05, 3.63) is 11.9 Å². The molecule has 0 aromatic carbocycles. The molecule has 2 atom stereocenters. The lowest BCUT2D eigenvalue weighted by Gasteiger charge is -2.37. The third-order valence-electron chi connectivity index (χ3n) is 5.75. The van der Waals surface area contributed by atoms with Gasteiger partial charge >= 0.3 is 12.1 Å². The summed E-state index contributed by atoms with van der Waals surface area (Å²) in [4.78, 5) is 41.8. The number of hydrogen-bond acceptors (Lipinski definition) is 7. The van der Waals surface area contributed by atoms with E-state index in [2.05, 4.69) is 31.1 Å². The molecular formula is C26H45N5O5. The van der Waals surface area contributed by atoms with Crippen molar-refractivity contribution < 1.29 is 23.9 Å². The van der Waals surface area contributed by atoms with Gasteiger partial charge in [-0.3, -0.25) is 9.59 Å². The Morgan fingerprint density at radius 1 is 0.917 bits per heavy atom. The highest BCUT2D eigenvalue weighted by Crippen LogP contribution is 2.25. The van der Waals surface area contributed by atoms with Crippen LogP contribution in [0.1, 0.15) is 99.2 Å². The van der Waals surface area contributed by atoms with Gasteiger partial charge in [0, 0.05) is 44.7 Å². The molecule has 0 radical (unpaired) electrons. The molecule has 1 saturated heterocycles. The first-order chi connectivity index (χ1) is 16.6. The highest BCUT2D eigenvalue weighted by molar-refractivity contribution is 5.81. The third-order valence-corrected chi connectivity index (χ3v) is 5.75. The van der Waals surface area contributed by atoms with Crippen LogP contribution in [0.4, 0.5) is 4.79 Å². The molecule has 0 spiro atoms. The number of aromatic nitrogens is 3. The molecule has 204 valence electrons. The van der Waals surface area contributed by atoms with Crippen molar-refractivity contribution in [1.29, 1.82) is 0 Å². The molecule has 0 bridgehead atoms. The molecule has 0 saturated carbocycles. The van der Waals surface area contributed by atoms with Crippen LogP contribution in [0.2, 0.25) is 0 Å². The Bertz CT molecular complexity index is 891. The van der Waals surface area contributed by atoms with E-state index >= 15 is 0 Å². The van der Waals surface area contributed by atoms with Crippen LogP contribution in [0.25, 0.3) is 0 Å². The van der Waals surface area contributed by atoms with E-state index < -0.39 is 17.2 Å². The molecule has 1 aromatic heterocycles. The second-order valence-corrected chi connectivity index (χ2v) is 12.1. The minimum atomic E-state index is -0.682. The number of rotatable bonds is 8. The van der Waals surface area contributed by atoms with Gasteiger partial charge in [0.1, 0.15) is 17.2 Å². The molecule has 36 heavy (non-hydrogen) atoms.